The predicted octanol–water partition coefficient (Wildman–Crippen LogP) is 4.04. The van der Waals surface area contributed by atoms with Crippen LogP contribution in [0.15, 0.2) is 12.1 Å². The average Bonchev–Trinajstić information content (AvgIpc) is 3.52. The summed E-state index contributed by atoms with van der Waals surface area (Å²) in [4.78, 5) is 38.2. The molecule has 9 heteroatoms. The highest BCUT2D eigenvalue weighted by Gasteiger charge is 2.51. The molecule has 1 aromatic carbocycles. The van der Waals surface area contributed by atoms with Gasteiger partial charge in [-0.3, -0.25) is 14.4 Å². The van der Waals surface area contributed by atoms with Crippen molar-refractivity contribution in [3.05, 3.63) is 23.3 Å². The molecule has 0 heterocycles. The van der Waals surface area contributed by atoms with E-state index in [9.17, 15) is 24.8 Å². The Morgan fingerprint density at radius 2 is 1.84 bits per heavy atom. The van der Waals surface area contributed by atoms with Gasteiger partial charge in [0.2, 0.25) is 5.91 Å². The smallest absolute Gasteiger partial charge is 0.309 e. The van der Waals surface area contributed by atoms with E-state index in [4.69, 9.17) is 9.47 Å². The first-order valence-electron chi connectivity index (χ1n) is 13.8. The number of carbonyl (C=O) groups is 3. The Hall–Kier alpha value is -3.28. The number of fused-ring (bicyclic) bond motifs is 2. The molecule has 206 valence electrons. The molecule has 9 nitrogen and oxygen atoms in total. The Labute approximate surface area is 224 Å². The van der Waals surface area contributed by atoms with Gasteiger partial charge in [0, 0.05) is 18.7 Å². The second-order valence-electron chi connectivity index (χ2n) is 11.3. The summed E-state index contributed by atoms with van der Waals surface area (Å²) in [5.41, 5.74) is -0.276. The molecular formula is C29H39N3O6. The van der Waals surface area contributed by atoms with Crippen LogP contribution < -0.4 is 20.1 Å². The zero-order chi connectivity index (χ0) is 27.4. The lowest BCUT2D eigenvalue weighted by atomic mass is 9.75. The van der Waals surface area contributed by atoms with Crippen LogP contribution in [0, 0.1) is 34.5 Å². The van der Waals surface area contributed by atoms with Gasteiger partial charge in [0.1, 0.15) is 17.6 Å². The molecule has 2 amide bonds. The molecule has 0 aromatic heterocycles. The first kappa shape index (κ1) is 27.7. The number of nitriles is 1. The lowest BCUT2D eigenvalue weighted by molar-refractivity contribution is -0.150. The zero-order valence-corrected chi connectivity index (χ0v) is 22.5. The molecule has 0 radical (unpaired) electrons. The molecule has 38 heavy (non-hydrogen) atoms. The van der Waals surface area contributed by atoms with Gasteiger partial charge in [-0.2, -0.15) is 5.26 Å². The molecule has 4 rings (SSSR count). The largest absolute Gasteiger partial charge is 0.496 e. The van der Waals surface area contributed by atoms with Gasteiger partial charge in [-0.15, -0.1) is 0 Å². The maximum absolute atomic E-state index is 13.6. The monoisotopic (exact) mass is 525 g/mol. The van der Waals surface area contributed by atoms with Gasteiger partial charge in [-0.1, -0.05) is 13.3 Å². The van der Waals surface area contributed by atoms with Gasteiger partial charge in [0.25, 0.3) is 5.91 Å². The van der Waals surface area contributed by atoms with Crippen molar-refractivity contribution in [2.24, 2.45) is 23.2 Å². The van der Waals surface area contributed by atoms with Crippen LogP contribution in [0.3, 0.4) is 0 Å². The van der Waals surface area contributed by atoms with Gasteiger partial charge >= 0.3 is 5.97 Å². The van der Waals surface area contributed by atoms with Crippen LogP contribution in [0.5, 0.6) is 11.5 Å². The normalized spacial score (nSPS) is 29.8. The van der Waals surface area contributed by atoms with Crippen molar-refractivity contribution in [3.8, 4) is 17.6 Å². The van der Waals surface area contributed by atoms with Crippen LogP contribution in [-0.4, -0.2) is 48.7 Å². The molecule has 3 N–H and O–H groups in total. The summed E-state index contributed by atoms with van der Waals surface area (Å²) in [5.74, 6) is -0.326. The number of nitrogens with zero attached hydrogens (tertiary/aromatic N) is 1. The van der Waals surface area contributed by atoms with E-state index in [1.807, 2.05) is 0 Å². The van der Waals surface area contributed by atoms with E-state index in [-0.39, 0.29) is 64.3 Å². The van der Waals surface area contributed by atoms with Gasteiger partial charge in [0.05, 0.1) is 35.7 Å². The van der Waals surface area contributed by atoms with Crippen molar-refractivity contribution >= 4 is 17.8 Å². The van der Waals surface area contributed by atoms with E-state index < -0.39 is 11.4 Å². The lowest BCUT2D eigenvalue weighted by Gasteiger charge is -2.34. The molecule has 0 saturated heterocycles. The second-order valence-corrected chi connectivity index (χ2v) is 11.3. The van der Waals surface area contributed by atoms with Crippen molar-refractivity contribution in [2.75, 3.05) is 13.7 Å². The van der Waals surface area contributed by atoms with Gasteiger partial charge in [-0.25, -0.2) is 0 Å². The van der Waals surface area contributed by atoms with Crippen molar-refractivity contribution < 1.29 is 29.0 Å². The van der Waals surface area contributed by atoms with Crippen LogP contribution in [0.4, 0.5) is 0 Å². The number of carboxylic acids is 1. The van der Waals surface area contributed by atoms with E-state index in [0.29, 0.717) is 32.2 Å². The number of benzene rings is 1. The number of hydrogen-bond acceptors (Lipinski definition) is 6. The highest BCUT2D eigenvalue weighted by Crippen LogP contribution is 2.49. The quantitative estimate of drug-likeness (QED) is 0.392. The van der Waals surface area contributed by atoms with Gasteiger partial charge < -0.3 is 25.2 Å². The van der Waals surface area contributed by atoms with Gasteiger partial charge in [0.15, 0.2) is 0 Å². The molecule has 4 atom stereocenters. The van der Waals surface area contributed by atoms with Crippen molar-refractivity contribution in [1.82, 2.24) is 10.6 Å². The van der Waals surface area contributed by atoms with E-state index >= 15 is 0 Å². The lowest BCUT2D eigenvalue weighted by Crippen LogP contribution is -2.50. The molecule has 3 aliphatic rings. The number of aliphatic carboxylic acids is 1. The number of carboxylic acid groups (broad SMARTS) is 1. The molecule has 3 saturated carbocycles. The molecular weight excluding hydrogens is 486 g/mol. The predicted molar refractivity (Wildman–Crippen MR) is 140 cm³/mol. The van der Waals surface area contributed by atoms with Crippen molar-refractivity contribution in [2.45, 2.75) is 83.8 Å². The Bertz CT molecular complexity index is 1100. The number of hydrogen-bond donors (Lipinski definition) is 3. The highest BCUT2D eigenvalue weighted by molar-refractivity contribution is 5.98. The van der Waals surface area contributed by atoms with Crippen molar-refractivity contribution in [3.63, 3.8) is 0 Å². The Morgan fingerprint density at radius 1 is 1.13 bits per heavy atom. The molecule has 2 bridgehead atoms. The molecule has 1 aromatic rings. The SMILES string of the molecule is CCCCNC(=O)[C@H]1[C@@H]2CC[C@@H](C2)[C@H]1NC(=O)c1cc(O[C@H]2CC[C@@](C)(C(=O)O)CC2)c(C#N)cc1OC. The van der Waals surface area contributed by atoms with E-state index in [1.165, 1.54) is 13.2 Å². The Kier molecular flexibility index (Phi) is 8.49. The fraction of sp³-hybridized carbons (Fsp3) is 0.655. The Morgan fingerprint density at radius 3 is 2.47 bits per heavy atom. The molecule has 0 unspecified atom stereocenters. The Balaban J connectivity index is 1.51. The minimum atomic E-state index is -0.810. The number of amides is 2. The number of carbonyl (C=O) groups excluding carboxylic acids is 2. The summed E-state index contributed by atoms with van der Waals surface area (Å²) >= 11 is 0. The molecule has 0 spiro atoms. The minimum absolute atomic E-state index is 0.0115. The summed E-state index contributed by atoms with van der Waals surface area (Å²) in [6, 6.07) is 4.91. The third kappa shape index (κ3) is 5.59. The summed E-state index contributed by atoms with van der Waals surface area (Å²) in [6.07, 6.45) is 6.64. The first-order valence-corrected chi connectivity index (χ1v) is 13.8. The van der Waals surface area contributed by atoms with E-state index in [0.717, 1.165) is 32.1 Å². The number of rotatable bonds is 10. The fourth-order valence-corrected chi connectivity index (χ4v) is 6.44. The number of methoxy groups -OCH3 is 1. The van der Waals surface area contributed by atoms with Gasteiger partial charge in [-0.05, 0) is 76.2 Å². The van der Waals surface area contributed by atoms with E-state index in [2.05, 4.69) is 23.6 Å². The number of nitrogens with one attached hydrogen (secondary N) is 2. The summed E-state index contributed by atoms with van der Waals surface area (Å²) in [5, 5.41) is 25.4. The molecule has 3 fully saturated rings. The molecule has 3 aliphatic carbocycles. The average molecular weight is 526 g/mol. The standard InChI is InChI=1S/C29H39N3O6/c1-4-5-12-31-27(34)24-17-6-7-18(13-17)25(24)32-26(33)21-15-22(19(16-30)14-23(21)37-3)38-20-8-10-29(2,11-9-20)28(35)36/h14-15,17-18,20,24-25H,4-13H2,1-3H3,(H,31,34)(H,32,33)(H,35,36)/t17-,18+,20-,24+,25-,29+/m1/s1. The third-order valence-corrected chi connectivity index (χ3v) is 8.86. The van der Waals surface area contributed by atoms with Crippen LogP contribution >= 0.6 is 0 Å². The maximum atomic E-state index is 13.6. The number of unbranched alkanes of at least 4 members (excludes halogenated alkanes) is 1. The van der Waals surface area contributed by atoms with Crippen LogP contribution in [-0.2, 0) is 9.59 Å². The second kappa shape index (κ2) is 11.6. The highest BCUT2D eigenvalue weighted by atomic mass is 16.5. The summed E-state index contributed by atoms with van der Waals surface area (Å²) in [7, 11) is 1.45. The van der Waals surface area contributed by atoms with Crippen LogP contribution in [0.1, 0.15) is 87.6 Å². The summed E-state index contributed by atoms with van der Waals surface area (Å²) < 4.78 is 11.6. The van der Waals surface area contributed by atoms with Crippen LogP contribution in [0.2, 0.25) is 0 Å². The van der Waals surface area contributed by atoms with Crippen molar-refractivity contribution in [1.29, 1.82) is 5.26 Å². The fourth-order valence-electron chi connectivity index (χ4n) is 6.44. The minimum Gasteiger partial charge on any atom is -0.496 e. The maximum Gasteiger partial charge on any atom is 0.309 e. The first-order chi connectivity index (χ1) is 18.2. The van der Waals surface area contributed by atoms with Crippen LogP contribution in [0.25, 0.3) is 0 Å². The zero-order valence-electron chi connectivity index (χ0n) is 22.5. The topological polar surface area (TPSA) is 138 Å². The summed E-state index contributed by atoms with van der Waals surface area (Å²) in [6.45, 7) is 4.47. The molecule has 0 aliphatic heterocycles. The third-order valence-electron chi connectivity index (χ3n) is 8.86. The number of ether oxygens (including phenoxy) is 2. The van der Waals surface area contributed by atoms with E-state index in [1.54, 1.807) is 13.0 Å².